The van der Waals surface area contributed by atoms with Crippen LogP contribution in [0.5, 0.6) is 0 Å². The van der Waals surface area contributed by atoms with E-state index in [-0.39, 0.29) is 0 Å². The van der Waals surface area contributed by atoms with Crippen molar-refractivity contribution in [2.24, 2.45) is 0 Å². The van der Waals surface area contributed by atoms with Gasteiger partial charge in [0.2, 0.25) is 0 Å². The molecule has 1 saturated carbocycles. The van der Waals surface area contributed by atoms with E-state index in [4.69, 9.17) is 0 Å². The summed E-state index contributed by atoms with van der Waals surface area (Å²) in [6, 6.07) is 0. The van der Waals surface area contributed by atoms with Crippen molar-refractivity contribution >= 4 is 0 Å². The van der Waals surface area contributed by atoms with E-state index >= 15 is 0 Å². The third kappa shape index (κ3) is 1.05. The molecule has 0 aromatic rings. The lowest BCUT2D eigenvalue weighted by molar-refractivity contribution is 0.931. The molecule has 0 atom stereocenters. The van der Waals surface area contributed by atoms with Crippen molar-refractivity contribution in [2.45, 2.75) is 26.2 Å². The summed E-state index contributed by atoms with van der Waals surface area (Å²) in [5.41, 5.74) is 1.54. The van der Waals surface area contributed by atoms with Crippen LogP contribution in [0.25, 0.3) is 0 Å². The third-order valence-electron chi connectivity index (χ3n) is 1.45. The van der Waals surface area contributed by atoms with Gasteiger partial charge in [-0.3, -0.25) is 0 Å². The lowest BCUT2D eigenvalue weighted by Crippen LogP contribution is -1.66. The molecule has 0 aromatic heterocycles. The van der Waals surface area contributed by atoms with Gasteiger partial charge in [0.15, 0.2) is 0 Å². The first kappa shape index (κ1) is 4.89. The van der Waals surface area contributed by atoms with Crippen LogP contribution in [0.2, 0.25) is 0 Å². The highest BCUT2D eigenvalue weighted by Gasteiger charge is 2.03. The summed E-state index contributed by atoms with van der Waals surface area (Å²) in [7, 11) is 0. The van der Waals surface area contributed by atoms with Crippen molar-refractivity contribution in [1.82, 2.24) is 0 Å². The molecule has 39 valence electrons. The van der Waals surface area contributed by atoms with Gasteiger partial charge in [0.05, 0.1) is 0 Å². The SMILES string of the molecule is C/C=C1\[CH]CCC1. The van der Waals surface area contributed by atoms with Gasteiger partial charge in [-0.25, -0.2) is 0 Å². The summed E-state index contributed by atoms with van der Waals surface area (Å²) in [4.78, 5) is 0. The normalized spacial score (nSPS) is 26.7. The summed E-state index contributed by atoms with van der Waals surface area (Å²) in [6.45, 7) is 2.11. The molecule has 0 aliphatic heterocycles. The van der Waals surface area contributed by atoms with Gasteiger partial charge in [-0.05, 0) is 32.6 Å². The lowest BCUT2D eigenvalue weighted by Gasteiger charge is -1.85. The molecule has 7 heavy (non-hydrogen) atoms. The van der Waals surface area contributed by atoms with Gasteiger partial charge >= 0.3 is 0 Å². The Bertz CT molecular complexity index is 72.0. The average Bonchev–Trinajstić information content (AvgIpc) is 2.14. The Labute approximate surface area is 45.2 Å². The molecule has 0 bridgehead atoms. The molecule has 0 heterocycles. The van der Waals surface area contributed by atoms with Gasteiger partial charge in [-0.2, -0.15) is 0 Å². The Morgan fingerprint density at radius 2 is 2.57 bits per heavy atom. The Morgan fingerprint density at radius 3 is 2.86 bits per heavy atom. The molecule has 0 heteroatoms. The van der Waals surface area contributed by atoms with E-state index in [9.17, 15) is 0 Å². The minimum atomic E-state index is 1.31. The van der Waals surface area contributed by atoms with E-state index < -0.39 is 0 Å². The van der Waals surface area contributed by atoms with E-state index in [2.05, 4.69) is 19.4 Å². The van der Waals surface area contributed by atoms with E-state index in [0.717, 1.165) is 0 Å². The highest BCUT2D eigenvalue weighted by Crippen LogP contribution is 2.21. The molecular weight excluding hydrogens is 84.1 g/mol. The fraction of sp³-hybridized carbons (Fsp3) is 0.571. The number of rotatable bonds is 0. The molecule has 0 amide bonds. The van der Waals surface area contributed by atoms with Crippen molar-refractivity contribution in [3.63, 3.8) is 0 Å². The summed E-state index contributed by atoms with van der Waals surface area (Å²) in [5, 5.41) is 0. The Kier molecular flexibility index (Phi) is 1.50. The highest BCUT2D eigenvalue weighted by atomic mass is 14.1. The van der Waals surface area contributed by atoms with Crippen molar-refractivity contribution in [3.8, 4) is 0 Å². The smallest absolute Gasteiger partial charge is 0.0138 e. The van der Waals surface area contributed by atoms with Crippen LogP contribution in [0.4, 0.5) is 0 Å². The maximum absolute atomic E-state index is 2.32. The van der Waals surface area contributed by atoms with E-state index in [1.54, 1.807) is 5.57 Å². The van der Waals surface area contributed by atoms with Gasteiger partial charge in [-0.1, -0.05) is 11.6 Å². The van der Waals surface area contributed by atoms with Gasteiger partial charge in [-0.15, -0.1) is 0 Å². The summed E-state index contributed by atoms with van der Waals surface area (Å²) in [5.74, 6) is 0. The standard InChI is InChI=1S/C7H11/c1-2-7-5-3-4-6-7/h2,5H,3-4,6H2,1H3/b7-2+. The zero-order valence-electron chi connectivity index (χ0n) is 4.78. The summed E-state index contributed by atoms with van der Waals surface area (Å²) >= 11 is 0. The van der Waals surface area contributed by atoms with Crippen LogP contribution in [0.1, 0.15) is 26.2 Å². The summed E-state index contributed by atoms with van der Waals surface area (Å²) < 4.78 is 0. The van der Waals surface area contributed by atoms with E-state index in [1.165, 1.54) is 19.3 Å². The molecule has 0 spiro atoms. The van der Waals surface area contributed by atoms with Gasteiger partial charge in [0.1, 0.15) is 0 Å². The molecule has 0 unspecified atom stereocenters. The molecular formula is C7H11. The van der Waals surface area contributed by atoms with Crippen LogP contribution in [-0.4, -0.2) is 0 Å². The second kappa shape index (κ2) is 2.15. The Morgan fingerprint density at radius 1 is 1.71 bits per heavy atom. The first-order chi connectivity index (χ1) is 3.43. The largest absolute Gasteiger partial charge is 0.0882 e. The Hall–Kier alpha value is -0.260. The topological polar surface area (TPSA) is 0 Å². The van der Waals surface area contributed by atoms with Crippen LogP contribution in [0, 0.1) is 6.42 Å². The maximum atomic E-state index is 2.32. The van der Waals surface area contributed by atoms with Crippen LogP contribution in [0.15, 0.2) is 11.6 Å². The molecule has 0 N–H and O–H groups in total. The zero-order valence-corrected chi connectivity index (χ0v) is 4.78. The minimum Gasteiger partial charge on any atom is -0.0882 e. The van der Waals surface area contributed by atoms with E-state index in [1.807, 2.05) is 0 Å². The molecule has 0 aromatic carbocycles. The molecule has 1 aliphatic carbocycles. The minimum absolute atomic E-state index is 1.31. The lowest BCUT2D eigenvalue weighted by atomic mass is 10.2. The van der Waals surface area contributed by atoms with Crippen molar-refractivity contribution in [1.29, 1.82) is 0 Å². The average molecular weight is 95.2 g/mol. The van der Waals surface area contributed by atoms with Gasteiger partial charge in [0, 0.05) is 0 Å². The molecule has 1 fully saturated rings. The van der Waals surface area contributed by atoms with Gasteiger partial charge < -0.3 is 0 Å². The van der Waals surface area contributed by atoms with Crippen molar-refractivity contribution in [3.05, 3.63) is 18.1 Å². The number of hydrogen-bond donors (Lipinski definition) is 0. The fourth-order valence-electron chi connectivity index (χ4n) is 0.958. The molecule has 0 saturated heterocycles. The predicted octanol–water partition coefficient (Wildman–Crippen LogP) is 2.32. The third-order valence-corrected chi connectivity index (χ3v) is 1.45. The zero-order chi connectivity index (χ0) is 5.11. The fourth-order valence-corrected chi connectivity index (χ4v) is 0.958. The molecule has 1 aliphatic rings. The first-order valence-corrected chi connectivity index (χ1v) is 2.92. The predicted molar refractivity (Wildman–Crippen MR) is 31.9 cm³/mol. The van der Waals surface area contributed by atoms with Crippen molar-refractivity contribution < 1.29 is 0 Å². The number of hydrogen-bond acceptors (Lipinski definition) is 0. The Balaban J connectivity index is 2.41. The molecule has 0 nitrogen and oxygen atoms in total. The second-order valence-corrected chi connectivity index (χ2v) is 1.96. The number of allylic oxidation sites excluding steroid dienone is 2. The molecule has 1 radical (unpaired) electrons. The highest BCUT2D eigenvalue weighted by molar-refractivity contribution is 5.16. The van der Waals surface area contributed by atoms with Crippen LogP contribution >= 0.6 is 0 Å². The molecule has 1 rings (SSSR count). The quantitative estimate of drug-likeness (QED) is 0.433. The van der Waals surface area contributed by atoms with E-state index in [0.29, 0.717) is 0 Å². The second-order valence-electron chi connectivity index (χ2n) is 1.96. The van der Waals surface area contributed by atoms with Crippen LogP contribution in [-0.2, 0) is 0 Å². The van der Waals surface area contributed by atoms with Gasteiger partial charge in [0.25, 0.3) is 0 Å². The monoisotopic (exact) mass is 95.1 g/mol. The van der Waals surface area contributed by atoms with Crippen molar-refractivity contribution in [2.75, 3.05) is 0 Å². The maximum Gasteiger partial charge on any atom is -0.0138 e. The van der Waals surface area contributed by atoms with Crippen LogP contribution < -0.4 is 0 Å². The summed E-state index contributed by atoms with van der Waals surface area (Å²) in [6.07, 6.45) is 8.52. The first-order valence-electron chi connectivity index (χ1n) is 2.92. The van der Waals surface area contributed by atoms with Crippen LogP contribution in [0.3, 0.4) is 0 Å².